The van der Waals surface area contributed by atoms with Crippen molar-refractivity contribution in [3.05, 3.63) is 70.1 Å². The lowest BCUT2D eigenvalue weighted by atomic mass is 10.1. The second-order valence-corrected chi connectivity index (χ2v) is 7.31. The molecule has 6 heteroatoms. The zero-order valence-corrected chi connectivity index (χ0v) is 14.8. The summed E-state index contributed by atoms with van der Waals surface area (Å²) in [4.78, 5) is 20.5. The number of carbonyl (C=O) groups excluding carboxylic acids is 1. The number of anilines is 1. The quantitative estimate of drug-likeness (QED) is 0.774. The molecular weight excluding hydrogens is 334 g/mol. The summed E-state index contributed by atoms with van der Waals surface area (Å²) in [6, 6.07) is 12.3. The fraction of sp³-hybridized carbons (Fsp3) is 0.263. The van der Waals surface area contributed by atoms with Crippen LogP contribution in [0.2, 0.25) is 0 Å². The average molecular weight is 353 g/mol. The van der Waals surface area contributed by atoms with Gasteiger partial charge < -0.3 is 4.42 Å². The summed E-state index contributed by atoms with van der Waals surface area (Å²) in [6.07, 6.45) is 2.44. The lowest BCUT2D eigenvalue weighted by Crippen LogP contribution is -2.29. The van der Waals surface area contributed by atoms with Gasteiger partial charge in [-0.05, 0) is 18.6 Å². The molecule has 0 aliphatic carbocycles. The van der Waals surface area contributed by atoms with Crippen molar-refractivity contribution < 1.29 is 9.21 Å². The molecule has 1 N–H and O–H groups in total. The van der Waals surface area contributed by atoms with Gasteiger partial charge in [-0.1, -0.05) is 30.3 Å². The first kappa shape index (κ1) is 16.1. The maximum Gasteiger partial charge on any atom is 0.293 e. The fourth-order valence-corrected chi connectivity index (χ4v) is 4.08. The highest BCUT2D eigenvalue weighted by molar-refractivity contribution is 7.15. The summed E-state index contributed by atoms with van der Waals surface area (Å²) < 4.78 is 5.24. The molecule has 0 radical (unpaired) electrons. The van der Waals surface area contributed by atoms with Crippen LogP contribution in [0, 0.1) is 6.92 Å². The van der Waals surface area contributed by atoms with E-state index in [1.165, 1.54) is 16.7 Å². The van der Waals surface area contributed by atoms with Crippen LogP contribution in [0.5, 0.6) is 0 Å². The number of furan rings is 1. The second-order valence-electron chi connectivity index (χ2n) is 6.22. The number of hydrogen-bond acceptors (Lipinski definition) is 5. The molecule has 1 aromatic carbocycles. The zero-order valence-electron chi connectivity index (χ0n) is 14.0. The van der Waals surface area contributed by atoms with Crippen LogP contribution in [0.25, 0.3) is 0 Å². The lowest BCUT2D eigenvalue weighted by molar-refractivity contribution is 0.0996. The van der Waals surface area contributed by atoms with Gasteiger partial charge in [0, 0.05) is 36.5 Å². The fourth-order valence-electron chi connectivity index (χ4n) is 3.04. The number of thiazole rings is 1. The number of aromatic nitrogens is 1. The third-order valence-electron chi connectivity index (χ3n) is 4.35. The molecule has 4 rings (SSSR count). The Morgan fingerprint density at radius 3 is 2.92 bits per heavy atom. The van der Waals surface area contributed by atoms with Crippen LogP contribution >= 0.6 is 11.3 Å². The predicted octanol–water partition coefficient (Wildman–Crippen LogP) is 3.86. The third-order valence-corrected chi connectivity index (χ3v) is 5.35. The molecule has 3 heterocycles. The first-order valence-corrected chi connectivity index (χ1v) is 9.11. The van der Waals surface area contributed by atoms with E-state index < -0.39 is 0 Å². The molecule has 25 heavy (non-hydrogen) atoms. The van der Waals surface area contributed by atoms with E-state index in [1.54, 1.807) is 17.4 Å². The standard InChI is InChI=1S/C19H19N3O2S/c1-13-8-10-24-17(13)18(23)21-19-20-15-7-9-22(12-16(15)25-19)11-14-5-3-2-4-6-14/h2-6,8,10H,7,9,11-12H2,1H3,(H,20,21,23). The van der Waals surface area contributed by atoms with Crippen molar-refractivity contribution in [2.24, 2.45) is 0 Å². The Labute approximate surface area is 150 Å². The Balaban J connectivity index is 1.44. The number of hydrogen-bond donors (Lipinski definition) is 1. The van der Waals surface area contributed by atoms with Gasteiger partial charge in [0.25, 0.3) is 5.91 Å². The minimum atomic E-state index is -0.241. The summed E-state index contributed by atoms with van der Waals surface area (Å²) in [5.74, 6) is 0.105. The van der Waals surface area contributed by atoms with Crippen molar-refractivity contribution in [2.75, 3.05) is 11.9 Å². The van der Waals surface area contributed by atoms with Crippen LogP contribution in [0.3, 0.4) is 0 Å². The summed E-state index contributed by atoms with van der Waals surface area (Å²) in [6.45, 7) is 4.64. The van der Waals surface area contributed by atoms with Gasteiger partial charge in [-0.3, -0.25) is 15.0 Å². The molecule has 1 aliphatic rings. The number of nitrogens with zero attached hydrogens (tertiary/aromatic N) is 2. The predicted molar refractivity (Wildman–Crippen MR) is 97.8 cm³/mol. The van der Waals surface area contributed by atoms with Crippen molar-refractivity contribution in [2.45, 2.75) is 26.4 Å². The van der Waals surface area contributed by atoms with Gasteiger partial charge in [0.15, 0.2) is 10.9 Å². The highest BCUT2D eigenvalue weighted by Crippen LogP contribution is 2.29. The number of amides is 1. The highest BCUT2D eigenvalue weighted by atomic mass is 32.1. The van der Waals surface area contributed by atoms with E-state index >= 15 is 0 Å². The van der Waals surface area contributed by atoms with Gasteiger partial charge in [0.1, 0.15) is 0 Å². The molecular formula is C19H19N3O2S. The summed E-state index contributed by atoms with van der Waals surface area (Å²) in [5, 5.41) is 3.51. The second kappa shape index (κ2) is 6.82. The maximum atomic E-state index is 12.3. The molecule has 2 aromatic heterocycles. The minimum Gasteiger partial charge on any atom is -0.459 e. The Morgan fingerprint density at radius 2 is 2.16 bits per heavy atom. The van der Waals surface area contributed by atoms with Gasteiger partial charge in [-0.2, -0.15) is 0 Å². The van der Waals surface area contributed by atoms with Crippen LogP contribution in [0.1, 0.15) is 32.3 Å². The van der Waals surface area contributed by atoms with Crippen LogP contribution < -0.4 is 5.32 Å². The van der Waals surface area contributed by atoms with E-state index in [1.807, 2.05) is 13.0 Å². The van der Waals surface area contributed by atoms with Crippen LogP contribution in [0.15, 0.2) is 47.1 Å². The third kappa shape index (κ3) is 3.50. The van der Waals surface area contributed by atoms with Crippen molar-refractivity contribution in [3.63, 3.8) is 0 Å². The Kier molecular flexibility index (Phi) is 4.38. The number of rotatable bonds is 4. The van der Waals surface area contributed by atoms with E-state index in [2.05, 4.69) is 39.5 Å². The number of fused-ring (bicyclic) bond motifs is 1. The SMILES string of the molecule is Cc1ccoc1C(=O)Nc1nc2c(s1)CN(Cc1ccccc1)CC2. The smallest absolute Gasteiger partial charge is 0.293 e. The minimum absolute atomic E-state index is 0.241. The van der Waals surface area contributed by atoms with Crippen LogP contribution in [-0.4, -0.2) is 22.3 Å². The topological polar surface area (TPSA) is 58.4 Å². The largest absolute Gasteiger partial charge is 0.459 e. The molecule has 0 atom stereocenters. The Bertz CT molecular complexity index is 885. The zero-order chi connectivity index (χ0) is 17.2. The number of benzene rings is 1. The summed E-state index contributed by atoms with van der Waals surface area (Å²) in [5.41, 5.74) is 3.24. The van der Waals surface area contributed by atoms with Gasteiger partial charge in [0.2, 0.25) is 0 Å². The number of aryl methyl sites for hydroxylation is 1. The summed E-state index contributed by atoms with van der Waals surface area (Å²) in [7, 11) is 0. The lowest BCUT2D eigenvalue weighted by Gasteiger charge is -2.25. The van der Waals surface area contributed by atoms with Gasteiger partial charge in [0.05, 0.1) is 12.0 Å². The Morgan fingerprint density at radius 1 is 1.32 bits per heavy atom. The highest BCUT2D eigenvalue weighted by Gasteiger charge is 2.22. The van der Waals surface area contributed by atoms with E-state index in [0.29, 0.717) is 10.9 Å². The van der Waals surface area contributed by atoms with E-state index in [-0.39, 0.29) is 5.91 Å². The van der Waals surface area contributed by atoms with E-state index in [4.69, 9.17) is 4.42 Å². The molecule has 3 aromatic rings. The number of nitrogens with one attached hydrogen (secondary N) is 1. The molecule has 0 unspecified atom stereocenters. The molecule has 0 bridgehead atoms. The van der Waals surface area contributed by atoms with E-state index in [0.717, 1.165) is 37.3 Å². The first-order chi connectivity index (χ1) is 12.2. The molecule has 5 nitrogen and oxygen atoms in total. The normalized spacial score (nSPS) is 14.3. The van der Waals surface area contributed by atoms with Gasteiger partial charge in [-0.15, -0.1) is 11.3 Å². The maximum absolute atomic E-state index is 12.3. The number of carbonyl (C=O) groups is 1. The van der Waals surface area contributed by atoms with Crippen LogP contribution in [-0.2, 0) is 19.5 Å². The van der Waals surface area contributed by atoms with Crippen molar-refractivity contribution in [3.8, 4) is 0 Å². The van der Waals surface area contributed by atoms with Gasteiger partial charge in [-0.25, -0.2) is 4.98 Å². The monoisotopic (exact) mass is 353 g/mol. The average Bonchev–Trinajstić information content (AvgIpc) is 3.21. The van der Waals surface area contributed by atoms with Crippen molar-refractivity contribution in [1.29, 1.82) is 0 Å². The Hall–Kier alpha value is -2.44. The first-order valence-electron chi connectivity index (χ1n) is 8.29. The molecule has 1 aliphatic heterocycles. The van der Waals surface area contributed by atoms with Crippen molar-refractivity contribution >= 4 is 22.4 Å². The molecule has 0 saturated carbocycles. The van der Waals surface area contributed by atoms with Crippen LogP contribution in [0.4, 0.5) is 5.13 Å². The van der Waals surface area contributed by atoms with Gasteiger partial charge >= 0.3 is 0 Å². The molecule has 0 saturated heterocycles. The van der Waals surface area contributed by atoms with Crippen molar-refractivity contribution in [1.82, 2.24) is 9.88 Å². The van der Waals surface area contributed by atoms with E-state index in [9.17, 15) is 4.79 Å². The molecule has 128 valence electrons. The molecule has 0 fully saturated rings. The summed E-state index contributed by atoms with van der Waals surface area (Å²) >= 11 is 1.55. The molecule has 0 spiro atoms. The molecule has 1 amide bonds.